The van der Waals surface area contributed by atoms with Gasteiger partial charge in [0.25, 0.3) is 0 Å². The fourth-order valence-corrected chi connectivity index (χ4v) is 1.82. The molecule has 1 heteroatoms. The molecule has 0 heterocycles. The second kappa shape index (κ2) is 4.34. The van der Waals surface area contributed by atoms with E-state index in [1.807, 2.05) is 0 Å². The number of hydrogen-bond donors (Lipinski definition) is 0. The second-order valence-electron chi connectivity index (χ2n) is 3.67. The molecule has 0 aliphatic carbocycles. The average molecular weight is 160 g/mol. The summed E-state index contributed by atoms with van der Waals surface area (Å²) in [5.74, 6) is 0.831. The molecule has 10 heavy (non-hydrogen) atoms. The Morgan fingerprint density at radius 2 is 1.60 bits per heavy atom. The van der Waals surface area contributed by atoms with Gasteiger partial charge in [0.15, 0.2) is 0 Å². The minimum Gasteiger partial charge on any atom is -0.131 e. The van der Waals surface area contributed by atoms with Crippen LogP contribution < -0.4 is 0 Å². The zero-order chi connectivity index (χ0) is 8.20. The van der Waals surface area contributed by atoms with E-state index in [1.165, 1.54) is 19.3 Å². The van der Waals surface area contributed by atoms with E-state index in [4.69, 9.17) is 0 Å². The number of hydrogen-bond acceptors (Lipinski definition) is 0. The van der Waals surface area contributed by atoms with E-state index < -0.39 is 0 Å². The molecule has 0 rings (SSSR count). The molecule has 0 aromatic rings. The Morgan fingerprint density at radius 3 is 1.70 bits per heavy atom. The predicted molar refractivity (Wildman–Crippen MR) is 52.5 cm³/mol. The molecule has 0 bridgehead atoms. The highest BCUT2D eigenvalue weighted by atomic mass is 31.0. The maximum Gasteiger partial charge on any atom is -0.0153 e. The van der Waals surface area contributed by atoms with E-state index in [1.54, 1.807) is 0 Å². The van der Waals surface area contributed by atoms with Gasteiger partial charge >= 0.3 is 0 Å². The van der Waals surface area contributed by atoms with Crippen LogP contribution in [0, 0.1) is 5.92 Å². The van der Waals surface area contributed by atoms with Gasteiger partial charge in [-0.1, -0.05) is 27.7 Å². The molecular weight excluding hydrogens is 139 g/mol. The zero-order valence-electron chi connectivity index (χ0n) is 7.78. The van der Waals surface area contributed by atoms with Gasteiger partial charge in [-0.2, -0.15) is 0 Å². The van der Waals surface area contributed by atoms with Crippen molar-refractivity contribution in [2.75, 3.05) is 0 Å². The fraction of sp³-hybridized carbons (Fsp3) is 1.00. The van der Waals surface area contributed by atoms with E-state index in [-0.39, 0.29) is 0 Å². The van der Waals surface area contributed by atoms with Crippen molar-refractivity contribution in [2.24, 2.45) is 5.92 Å². The minimum atomic E-state index is 0.522. The highest BCUT2D eigenvalue weighted by Gasteiger charge is 2.20. The topological polar surface area (TPSA) is 0 Å². The molecule has 0 spiro atoms. The monoisotopic (exact) mass is 160 g/mol. The van der Waals surface area contributed by atoms with Crippen LogP contribution in [0.25, 0.3) is 0 Å². The standard InChI is InChI=1S/C9H21P/c1-5-9(10,6-2)7-8(3)4/h8H,5-7,10H2,1-4H3. The van der Waals surface area contributed by atoms with E-state index in [0.717, 1.165) is 5.92 Å². The molecule has 0 saturated heterocycles. The first-order valence-electron chi connectivity index (χ1n) is 4.33. The van der Waals surface area contributed by atoms with Crippen molar-refractivity contribution >= 4 is 9.24 Å². The Kier molecular flexibility index (Phi) is 4.52. The third-order valence-electron chi connectivity index (χ3n) is 2.22. The fourth-order valence-electron chi connectivity index (χ4n) is 1.35. The molecular formula is C9H21P. The summed E-state index contributed by atoms with van der Waals surface area (Å²) < 4.78 is 0. The Hall–Kier alpha value is 0.430. The summed E-state index contributed by atoms with van der Waals surface area (Å²) in [6, 6.07) is 0. The van der Waals surface area contributed by atoms with Crippen LogP contribution in [0.3, 0.4) is 0 Å². The van der Waals surface area contributed by atoms with Crippen molar-refractivity contribution in [1.29, 1.82) is 0 Å². The molecule has 0 aromatic heterocycles. The Bertz CT molecular complexity index is 82.7. The van der Waals surface area contributed by atoms with E-state index in [9.17, 15) is 0 Å². The summed E-state index contributed by atoms with van der Waals surface area (Å²) in [7, 11) is 3.01. The largest absolute Gasteiger partial charge is 0.131 e. The molecule has 0 radical (unpaired) electrons. The van der Waals surface area contributed by atoms with Gasteiger partial charge in [0.1, 0.15) is 0 Å². The summed E-state index contributed by atoms with van der Waals surface area (Å²) >= 11 is 0. The molecule has 0 N–H and O–H groups in total. The summed E-state index contributed by atoms with van der Waals surface area (Å²) in [6.07, 6.45) is 3.91. The van der Waals surface area contributed by atoms with Crippen LogP contribution in [-0.2, 0) is 0 Å². The third-order valence-corrected chi connectivity index (χ3v) is 3.28. The van der Waals surface area contributed by atoms with E-state index >= 15 is 0 Å². The molecule has 0 aliphatic heterocycles. The van der Waals surface area contributed by atoms with Crippen molar-refractivity contribution in [3.63, 3.8) is 0 Å². The van der Waals surface area contributed by atoms with Gasteiger partial charge < -0.3 is 0 Å². The lowest BCUT2D eigenvalue weighted by Gasteiger charge is -2.28. The van der Waals surface area contributed by atoms with Crippen molar-refractivity contribution in [2.45, 2.75) is 52.1 Å². The van der Waals surface area contributed by atoms with Gasteiger partial charge in [0, 0.05) is 0 Å². The van der Waals surface area contributed by atoms with Crippen molar-refractivity contribution < 1.29 is 0 Å². The number of rotatable bonds is 4. The van der Waals surface area contributed by atoms with Gasteiger partial charge in [-0.3, -0.25) is 0 Å². The normalized spacial score (nSPS) is 12.6. The van der Waals surface area contributed by atoms with Crippen LogP contribution in [0.1, 0.15) is 47.0 Å². The van der Waals surface area contributed by atoms with Crippen LogP contribution in [0.4, 0.5) is 0 Å². The first-order valence-corrected chi connectivity index (χ1v) is 4.90. The van der Waals surface area contributed by atoms with Gasteiger partial charge in [-0.15, -0.1) is 9.24 Å². The lowest BCUT2D eigenvalue weighted by Crippen LogP contribution is -2.20. The Morgan fingerprint density at radius 1 is 1.20 bits per heavy atom. The smallest absolute Gasteiger partial charge is 0.0153 e. The SMILES string of the molecule is CCC(P)(CC)CC(C)C. The van der Waals surface area contributed by atoms with E-state index in [2.05, 4.69) is 36.9 Å². The lowest BCUT2D eigenvalue weighted by molar-refractivity contribution is 0.428. The van der Waals surface area contributed by atoms with Crippen LogP contribution in [0.5, 0.6) is 0 Å². The van der Waals surface area contributed by atoms with Gasteiger partial charge in [0.05, 0.1) is 0 Å². The Balaban J connectivity index is 3.80. The van der Waals surface area contributed by atoms with Gasteiger partial charge in [-0.25, -0.2) is 0 Å². The first-order chi connectivity index (χ1) is 4.54. The third kappa shape index (κ3) is 3.56. The predicted octanol–water partition coefficient (Wildman–Crippen LogP) is 3.47. The summed E-state index contributed by atoms with van der Waals surface area (Å²) in [5.41, 5.74) is 0. The Labute approximate surface area is 68.0 Å². The van der Waals surface area contributed by atoms with Crippen LogP contribution in [-0.4, -0.2) is 5.16 Å². The maximum absolute atomic E-state index is 3.01. The molecule has 0 amide bonds. The molecule has 0 aliphatic rings. The first kappa shape index (κ1) is 10.4. The molecule has 0 nitrogen and oxygen atoms in total. The molecule has 0 fully saturated rings. The van der Waals surface area contributed by atoms with Crippen molar-refractivity contribution in [3.8, 4) is 0 Å². The lowest BCUT2D eigenvalue weighted by atomic mass is 9.91. The molecule has 1 atom stereocenters. The zero-order valence-corrected chi connectivity index (χ0v) is 8.93. The molecule has 62 valence electrons. The molecule has 1 unspecified atom stereocenters. The summed E-state index contributed by atoms with van der Waals surface area (Å²) in [4.78, 5) is 0. The van der Waals surface area contributed by atoms with Crippen LogP contribution in [0.2, 0.25) is 0 Å². The van der Waals surface area contributed by atoms with Crippen LogP contribution in [0.15, 0.2) is 0 Å². The highest BCUT2D eigenvalue weighted by molar-refractivity contribution is 7.18. The van der Waals surface area contributed by atoms with Crippen molar-refractivity contribution in [3.05, 3.63) is 0 Å². The maximum atomic E-state index is 3.01. The van der Waals surface area contributed by atoms with Crippen LogP contribution >= 0.6 is 9.24 Å². The molecule has 0 saturated carbocycles. The average Bonchev–Trinajstić information content (AvgIpc) is 1.87. The second-order valence-corrected chi connectivity index (χ2v) is 4.89. The minimum absolute atomic E-state index is 0.522. The molecule has 0 aromatic carbocycles. The summed E-state index contributed by atoms with van der Waals surface area (Å²) in [6.45, 7) is 9.14. The van der Waals surface area contributed by atoms with Crippen molar-refractivity contribution in [1.82, 2.24) is 0 Å². The highest BCUT2D eigenvalue weighted by Crippen LogP contribution is 2.33. The van der Waals surface area contributed by atoms with E-state index in [0.29, 0.717) is 5.16 Å². The summed E-state index contributed by atoms with van der Waals surface area (Å²) in [5, 5.41) is 0.522. The van der Waals surface area contributed by atoms with Gasteiger partial charge in [0.2, 0.25) is 0 Å². The van der Waals surface area contributed by atoms with Gasteiger partial charge in [-0.05, 0) is 30.3 Å². The quantitative estimate of drug-likeness (QED) is 0.552.